The van der Waals surface area contributed by atoms with E-state index in [0.29, 0.717) is 23.6 Å². The van der Waals surface area contributed by atoms with E-state index in [1.54, 1.807) is 47.4 Å². The van der Waals surface area contributed by atoms with Crippen molar-refractivity contribution in [2.75, 3.05) is 12.0 Å². The van der Waals surface area contributed by atoms with E-state index in [1.165, 1.54) is 0 Å². The van der Waals surface area contributed by atoms with Crippen molar-refractivity contribution in [2.45, 2.75) is 19.0 Å². The van der Waals surface area contributed by atoms with E-state index in [-0.39, 0.29) is 11.8 Å². The predicted molar refractivity (Wildman–Crippen MR) is 102 cm³/mol. The zero-order valence-corrected chi connectivity index (χ0v) is 15.6. The Bertz CT molecular complexity index is 677. The van der Waals surface area contributed by atoms with Crippen LogP contribution in [0.15, 0.2) is 41.8 Å². The van der Waals surface area contributed by atoms with Crippen LogP contribution in [0.2, 0.25) is 5.02 Å². The Morgan fingerprint density at radius 2 is 2.04 bits per heavy atom. The van der Waals surface area contributed by atoms with Crippen molar-refractivity contribution < 1.29 is 9.59 Å². The van der Waals surface area contributed by atoms with E-state index in [0.717, 1.165) is 10.6 Å². The molecule has 24 heavy (non-hydrogen) atoms. The number of amides is 2. The molecular weight excluding hydrogens is 364 g/mol. The Morgan fingerprint density at radius 3 is 2.71 bits per heavy atom. The minimum Gasteiger partial charge on any atom is -0.349 e. The van der Waals surface area contributed by atoms with Crippen LogP contribution in [-0.2, 0) is 11.3 Å². The molecule has 1 aromatic carbocycles. The van der Waals surface area contributed by atoms with Crippen LogP contribution in [0.3, 0.4) is 0 Å². The van der Waals surface area contributed by atoms with Crippen molar-refractivity contribution in [2.24, 2.45) is 0 Å². The van der Waals surface area contributed by atoms with Crippen molar-refractivity contribution in [3.63, 3.8) is 0 Å². The fourth-order valence-electron chi connectivity index (χ4n) is 2.10. The van der Waals surface area contributed by atoms with Gasteiger partial charge >= 0.3 is 0 Å². The number of thiophene rings is 1. The molecule has 2 amide bonds. The first kappa shape index (κ1) is 18.8. The monoisotopic (exact) mass is 382 g/mol. The second-order valence-electron chi connectivity index (χ2n) is 5.08. The maximum Gasteiger partial charge on any atom is 0.253 e. The third-order valence-electron chi connectivity index (χ3n) is 3.37. The summed E-state index contributed by atoms with van der Waals surface area (Å²) >= 11 is 9.27. The van der Waals surface area contributed by atoms with E-state index in [1.807, 2.05) is 23.8 Å². The molecule has 0 aliphatic carbocycles. The first-order valence-corrected chi connectivity index (χ1v) is 10.1. The summed E-state index contributed by atoms with van der Waals surface area (Å²) in [5.41, 5.74) is 0.374. The number of benzene rings is 1. The van der Waals surface area contributed by atoms with E-state index < -0.39 is 6.04 Å². The summed E-state index contributed by atoms with van der Waals surface area (Å²) in [7, 11) is 0. The molecule has 128 valence electrons. The lowest BCUT2D eigenvalue weighted by Crippen LogP contribution is -2.46. The molecule has 0 saturated heterocycles. The van der Waals surface area contributed by atoms with Gasteiger partial charge in [-0.25, -0.2) is 0 Å². The van der Waals surface area contributed by atoms with Gasteiger partial charge in [-0.1, -0.05) is 29.8 Å². The first-order valence-electron chi connectivity index (χ1n) is 7.46. The lowest BCUT2D eigenvalue weighted by atomic mass is 10.1. The molecule has 2 N–H and O–H groups in total. The van der Waals surface area contributed by atoms with Crippen LogP contribution in [0.4, 0.5) is 0 Å². The van der Waals surface area contributed by atoms with Gasteiger partial charge in [0.2, 0.25) is 5.91 Å². The van der Waals surface area contributed by atoms with Gasteiger partial charge in [-0.15, -0.1) is 11.3 Å². The highest BCUT2D eigenvalue weighted by Gasteiger charge is 2.22. The molecule has 1 unspecified atom stereocenters. The van der Waals surface area contributed by atoms with Crippen molar-refractivity contribution >= 4 is 46.5 Å². The molecule has 0 aliphatic rings. The summed E-state index contributed by atoms with van der Waals surface area (Å²) in [5, 5.41) is 8.01. The van der Waals surface area contributed by atoms with Gasteiger partial charge in [0.15, 0.2) is 0 Å². The SMILES string of the molecule is CSCCC(NC(=O)c1ccccc1Cl)C(=O)NCc1cccs1. The Hall–Kier alpha value is -1.50. The van der Waals surface area contributed by atoms with Gasteiger partial charge < -0.3 is 10.6 Å². The maximum atomic E-state index is 12.4. The Balaban J connectivity index is 2.00. The molecule has 1 atom stereocenters. The molecule has 0 fully saturated rings. The second kappa shape index (κ2) is 9.71. The largest absolute Gasteiger partial charge is 0.349 e. The second-order valence-corrected chi connectivity index (χ2v) is 7.51. The summed E-state index contributed by atoms with van der Waals surface area (Å²) in [4.78, 5) is 25.9. The number of hydrogen-bond acceptors (Lipinski definition) is 4. The minimum absolute atomic E-state index is 0.183. The van der Waals surface area contributed by atoms with Gasteiger partial charge in [-0.2, -0.15) is 11.8 Å². The van der Waals surface area contributed by atoms with Gasteiger partial charge in [-0.05, 0) is 42.0 Å². The summed E-state index contributed by atoms with van der Waals surface area (Å²) in [5.74, 6) is 0.260. The first-order chi connectivity index (χ1) is 11.6. The van der Waals surface area contributed by atoms with Gasteiger partial charge in [0, 0.05) is 4.88 Å². The highest BCUT2D eigenvalue weighted by atomic mass is 35.5. The molecule has 4 nitrogen and oxygen atoms in total. The molecule has 2 rings (SSSR count). The normalized spacial score (nSPS) is 11.8. The third kappa shape index (κ3) is 5.54. The number of carbonyl (C=O) groups excluding carboxylic acids is 2. The van der Waals surface area contributed by atoms with Crippen LogP contribution in [0.25, 0.3) is 0 Å². The highest BCUT2D eigenvalue weighted by Crippen LogP contribution is 2.15. The topological polar surface area (TPSA) is 58.2 Å². The summed E-state index contributed by atoms with van der Waals surface area (Å²) in [6.45, 7) is 0.466. The van der Waals surface area contributed by atoms with Crippen LogP contribution in [0.5, 0.6) is 0 Å². The number of carbonyl (C=O) groups is 2. The molecule has 2 aromatic rings. The van der Waals surface area contributed by atoms with Crippen LogP contribution < -0.4 is 10.6 Å². The smallest absolute Gasteiger partial charge is 0.253 e. The van der Waals surface area contributed by atoms with E-state index >= 15 is 0 Å². The molecule has 1 aromatic heterocycles. The molecule has 0 bridgehead atoms. The quantitative estimate of drug-likeness (QED) is 0.733. The average Bonchev–Trinajstić information content (AvgIpc) is 3.10. The summed E-state index contributed by atoms with van der Waals surface area (Å²) in [6, 6.07) is 10.1. The fourth-order valence-corrected chi connectivity index (χ4v) is 3.43. The molecule has 0 aliphatic heterocycles. The molecule has 0 saturated carbocycles. The van der Waals surface area contributed by atoms with Crippen LogP contribution in [0, 0.1) is 0 Å². The van der Waals surface area contributed by atoms with E-state index in [9.17, 15) is 9.59 Å². The Labute approximate surface area is 155 Å². The number of rotatable bonds is 8. The van der Waals surface area contributed by atoms with Crippen LogP contribution in [-0.4, -0.2) is 29.9 Å². The number of nitrogens with one attached hydrogen (secondary N) is 2. The van der Waals surface area contributed by atoms with Crippen LogP contribution >= 0.6 is 34.7 Å². The van der Waals surface area contributed by atoms with Crippen molar-refractivity contribution in [1.82, 2.24) is 10.6 Å². The van der Waals surface area contributed by atoms with Crippen molar-refractivity contribution in [1.29, 1.82) is 0 Å². The highest BCUT2D eigenvalue weighted by molar-refractivity contribution is 7.98. The van der Waals surface area contributed by atoms with Gasteiger partial charge in [-0.3, -0.25) is 9.59 Å². The molecule has 7 heteroatoms. The van der Waals surface area contributed by atoms with E-state index in [4.69, 9.17) is 11.6 Å². The lowest BCUT2D eigenvalue weighted by Gasteiger charge is -2.18. The zero-order chi connectivity index (χ0) is 17.4. The van der Waals surface area contributed by atoms with Gasteiger partial charge in [0.05, 0.1) is 17.1 Å². The van der Waals surface area contributed by atoms with Gasteiger partial charge in [0.25, 0.3) is 5.91 Å². The number of halogens is 1. The Morgan fingerprint density at radius 1 is 1.25 bits per heavy atom. The fraction of sp³-hybridized carbons (Fsp3) is 0.294. The lowest BCUT2D eigenvalue weighted by molar-refractivity contribution is -0.123. The Kier molecular flexibility index (Phi) is 7.62. The summed E-state index contributed by atoms with van der Waals surface area (Å²) < 4.78 is 0. The number of hydrogen-bond donors (Lipinski definition) is 2. The molecule has 0 radical (unpaired) electrons. The van der Waals surface area contributed by atoms with Crippen molar-refractivity contribution in [3.8, 4) is 0 Å². The molecule has 1 heterocycles. The maximum absolute atomic E-state index is 12.4. The van der Waals surface area contributed by atoms with Crippen molar-refractivity contribution in [3.05, 3.63) is 57.2 Å². The van der Waals surface area contributed by atoms with Crippen LogP contribution in [0.1, 0.15) is 21.7 Å². The van der Waals surface area contributed by atoms with E-state index in [2.05, 4.69) is 10.6 Å². The average molecular weight is 383 g/mol. The zero-order valence-electron chi connectivity index (χ0n) is 13.3. The molecule has 0 spiro atoms. The number of thioether (sulfide) groups is 1. The third-order valence-corrected chi connectivity index (χ3v) is 5.22. The summed E-state index contributed by atoms with van der Waals surface area (Å²) in [6.07, 6.45) is 2.53. The molecular formula is C17H19ClN2O2S2. The minimum atomic E-state index is -0.582. The predicted octanol–water partition coefficient (Wildman–Crippen LogP) is 3.57. The standard InChI is InChI=1S/C17H19ClN2O2S2/c1-23-10-8-15(17(22)19-11-12-5-4-9-24-12)20-16(21)13-6-2-3-7-14(13)18/h2-7,9,15H,8,10-11H2,1H3,(H,19,22)(H,20,21). The van der Waals surface area contributed by atoms with Gasteiger partial charge in [0.1, 0.15) is 6.04 Å².